The van der Waals surface area contributed by atoms with Gasteiger partial charge in [-0.25, -0.2) is 0 Å². The number of aromatic nitrogens is 2. The van der Waals surface area contributed by atoms with Crippen molar-refractivity contribution in [1.82, 2.24) is 15.5 Å². The van der Waals surface area contributed by atoms with Gasteiger partial charge in [0.15, 0.2) is 11.3 Å². The molecule has 0 radical (unpaired) electrons. The van der Waals surface area contributed by atoms with E-state index in [0.29, 0.717) is 17.5 Å². The third kappa shape index (κ3) is 2.51. The summed E-state index contributed by atoms with van der Waals surface area (Å²) in [6, 6.07) is 11.7. The van der Waals surface area contributed by atoms with Gasteiger partial charge in [-0.1, -0.05) is 35.5 Å². The molecule has 1 amide bonds. The first-order valence-corrected chi connectivity index (χ1v) is 6.36. The van der Waals surface area contributed by atoms with Crippen molar-refractivity contribution in [3.05, 3.63) is 60.0 Å². The fraction of sp³-hybridized carbons (Fsp3) is 0.133. The molecule has 5 nitrogen and oxygen atoms in total. The Hall–Kier alpha value is -2.69. The summed E-state index contributed by atoms with van der Waals surface area (Å²) < 4.78 is 5.08. The van der Waals surface area contributed by atoms with E-state index in [1.807, 2.05) is 30.3 Å². The van der Waals surface area contributed by atoms with E-state index in [1.54, 1.807) is 18.5 Å². The molecule has 3 aromatic rings. The maximum atomic E-state index is 12.0. The fourth-order valence-corrected chi connectivity index (χ4v) is 2.00. The van der Waals surface area contributed by atoms with E-state index in [1.165, 1.54) is 5.56 Å². The largest absolute Gasteiger partial charge is 0.355 e. The monoisotopic (exact) mass is 267 g/mol. The van der Waals surface area contributed by atoms with E-state index >= 15 is 0 Å². The minimum absolute atomic E-state index is 0.243. The molecule has 1 N–H and O–H groups in total. The Morgan fingerprint density at radius 2 is 2.05 bits per heavy atom. The summed E-state index contributed by atoms with van der Waals surface area (Å²) in [7, 11) is 0. The summed E-state index contributed by atoms with van der Waals surface area (Å²) in [5.74, 6) is -0.243. The number of benzene rings is 1. The van der Waals surface area contributed by atoms with E-state index in [0.717, 1.165) is 6.42 Å². The van der Waals surface area contributed by atoms with Crippen LogP contribution in [0.3, 0.4) is 0 Å². The Labute approximate surface area is 115 Å². The van der Waals surface area contributed by atoms with Crippen molar-refractivity contribution in [2.24, 2.45) is 0 Å². The molecule has 2 heterocycles. The average molecular weight is 267 g/mol. The molecule has 0 saturated heterocycles. The smallest absolute Gasteiger partial charge is 0.274 e. The first-order chi connectivity index (χ1) is 9.84. The number of amides is 1. The minimum atomic E-state index is -0.243. The van der Waals surface area contributed by atoms with Crippen LogP contribution in [0.4, 0.5) is 0 Å². The van der Waals surface area contributed by atoms with Crippen LogP contribution in [0.25, 0.3) is 11.0 Å². The topological polar surface area (TPSA) is 68.0 Å². The maximum absolute atomic E-state index is 12.0. The molecular weight excluding hydrogens is 254 g/mol. The molecule has 0 spiro atoms. The van der Waals surface area contributed by atoms with Crippen molar-refractivity contribution < 1.29 is 9.32 Å². The molecule has 1 aromatic carbocycles. The van der Waals surface area contributed by atoms with Gasteiger partial charge >= 0.3 is 0 Å². The molecule has 0 aliphatic heterocycles. The van der Waals surface area contributed by atoms with Gasteiger partial charge < -0.3 is 9.84 Å². The highest BCUT2D eigenvalue weighted by Gasteiger charge is 2.15. The SMILES string of the molecule is O=C(NCCc1ccccc1)c1noc2ccncc12. The van der Waals surface area contributed by atoms with E-state index in [9.17, 15) is 4.79 Å². The Balaban J connectivity index is 1.65. The summed E-state index contributed by atoms with van der Waals surface area (Å²) in [6.45, 7) is 0.553. The van der Waals surface area contributed by atoms with Crippen molar-refractivity contribution in [2.75, 3.05) is 6.54 Å². The third-order valence-electron chi connectivity index (χ3n) is 3.03. The molecule has 0 aliphatic carbocycles. The molecule has 0 aliphatic rings. The second kappa shape index (κ2) is 5.52. The van der Waals surface area contributed by atoms with Gasteiger partial charge in [0.25, 0.3) is 5.91 Å². The molecule has 0 saturated carbocycles. The quantitative estimate of drug-likeness (QED) is 0.786. The summed E-state index contributed by atoms with van der Waals surface area (Å²) in [5, 5.41) is 7.26. The maximum Gasteiger partial charge on any atom is 0.274 e. The van der Waals surface area contributed by atoms with Crippen LogP contribution in [0.2, 0.25) is 0 Å². The van der Waals surface area contributed by atoms with E-state index in [2.05, 4.69) is 15.5 Å². The minimum Gasteiger partial charge on any atom is -0.355 e. The first kappa shape index (κ1) is 12.3. The third-order valence-corrected chi connectivity index (χ3v) is 3.03. The van der Waals surface area contributed by atoms with E-state index in [-0.39, 0.29) is 11.6 Å². The zero-order valence-electron chi connectivity index (χ0n) is 10.7. The summed E-state index contributed by atoms with van der Waals surface area (Å²) >= 11 is 0. The summed E-state index contributed by atoms with van der Waals surface area (Å²) in [5.41, 5.74) is 2.02. The molecule has 3 rings (SSSR count). The second-order valence-corrected chi connectivity index (χ2v) is 4.39. The highest BCUT2D eigenvalue weighted by molar-refractivity contribution is 6.03. The van der Waals surface area contributed by atoms with Crippen molar-refractivity contribution in [1.29, 1.82) is 0 Å². The molecule has 20 heavy (non-hydrogen) atoms. The highest BCUT2D eigenvalue weighted by Crippen LogP contribution is 2.16. The van der Waals surface area contributed by atoms with Crippen molar-refractivity contribution in [2.45, 2.75) is 6.42 Å². The van der Waals surface area contributed by atoms with Gasteiger partial charge in [-0.2, -0.15) is 0 Å². The number of nitrogens with one attached hydrogen (secondary N) is 1. The second-order valence-electron chi connectivity index (χ2n) is 4.39. The molecule has 5 heteroatoms. The molecule has 0 bridgehead atoms. The lowest BCUT2D eigenvalue weighted by Gasteiger charge is -2.03. The Morgan fingerprint density at radius 1 is 1.20 bits per heavy atom. The van der Waals surface area contributed by atoms with Crippen LogP contribution in [-0.2, 0) is 6.42 Å². The van der Waals surface area contributed by atoms with Crippen LogP contribution in [0.1, 0.15) is 16.1 Å². The van der Waals surface area contributed by atoms with Crippen molar-refractivity contribution in [3.8, 4) is 0 Å². The number of nitrogens with zero attached hydrogens (tertiary/aromatic N) is 2. The molecular formula is C15H13N3O2. The van der Waals surface area contributed by atoms with Gasteiger partial charge in [0, 0.05) is 25.0 Å². The normalized spacial score (nSPS) is 10.6. The van der Waals surface area contributed by atoms with Gasteiger partial charge in [0.2, 0.25) is 0 Å². The lowest BCUT2D eigenvalue weighted by atomic mass is 10.1. The van der Waals surface area contributed by atoms with Gasteiger partial charge in [-0.15, -0.1) is 0 Å². The number of hydrogen-bond donors (Lipinski definition) is 1. The molecule has 0 atom stereocenters. The van der Waals surface area contributed by atoms with Gasteiger partial charge in [0.1, 0.15) is 0 Å². The number of carbonyl (C=O) groups excluding carboxylic acids is 1. The van der Waals surface area contributed by atoms with E-state index < -0.39 is 0 Å². The molecule has 100 valence electrons. The Bertz CT molecular complexity index is 722. The van der Waals surface area contributed by atoms with Crippen LogP contribution >= 0.6 is 0 Å². The predicted octanol–water partition coefficient (Wildman–Crippen LogP) is 2.20. The Kier molecular flexibility index (Phi) is 3.41. The number of hydrogen-bond acceptors (Lipinski definition) is 4. The zero-order valence-corrected chi connectivity index (χ0v) is 10.7. The van der Waals surface area contributed by atoms with Crippen molar-refractivity contribution >= 4 is 16.9 Å². The predicted molar refractivity (Wildman–Crippen MR) is 74.3 cm³/mol. The highest BCUT2D eigenvalue weighted by atomic mass is 16.5. The lowest BCUT2D eigenvalue weighted by Crippen LogP contribution is -2.26. The average Bonchev–Trinajstić information content (AvgIpc) is 2.92. The van der Waals surface area contributed by atoms with Crippen LogP contribution in [0.5, 0.6) is 0 Å². The van der Waals surface area contributed by atoms with Gasteiger partial charge in [0.05, 0.1) is 5.39 Å². The number of rotatable bonds is 4. The van der Waals surface area contributed by atoms with Crippen LogP contribution in [-0.4, -0.2) is 22.6 Å². The van der Waals surface area contributed by atoms with Crippen LogP contribution in [0.15, 0.2) is 53.3 Å². The summed E-state index contributed by atoms with van der Waals surface area (Å²) in [6.07, 6.45) is 3.96. The first-order valence-electron chi connectivity index (χ1n) is 6.36. The van der Waals surface area contributed by atoms with Gasteiger partial charge in [-0.3, -0.25) is 9.78 Å². The lowest BCUT2D eigenvalue weighted by molar-refractivity contribution is 0.0947. The van der Waals surface area contributed by atoms with Crippen molar-refractivity contribution in [3.63, 3.8) is 0 Å². The van der Waals surface area contributed by atoms with Crippen LogP contribution < -0.4 is 5.32 Å². The molecule has 0 unspecified atom stereocenters. The zero-order chi connectivity index (χ0) is 13.8. The Morgan fingerprint density at radius 3 is 2.90 bits per heavy atom. The van der Waals surface area contributed by atoms with E-state index in [4.69, 9.17) is 4.52 Å². The standard InChI is InChI=1S/C15H13N3O2/c19-15(17-9-6-11-4-2-1-3-5-11)14-12-10-16-8-7-13(12)20-18-14/h1-5,7-8,10H,6,9H2,(H,17,19). The molecule has 2 aromatic heterocycles. The van der Waals surface area contributed by atoms with Crippen LogP contribution in [0, 0.1) is 0 Å². The fourth-order valence-electron chi connectivity index (χ4n) is 2.00. The number of pyridine rings is 1. The molecule has 0 fully saturated rings. The number of carbonyl (C=O) groups is 1. The van der Waals surface area contributed by atoms with Gasteiger partial charge in [-0.05, 0) is 12.0 Å². The summed E-state index contributed by atoms with van der Waals surface area (Å²) in [4.78, 5) is 16.0. The number of fused-ring (bicyclic) bond motifs is 1.